The second kappa shape index (κ2) is 7.43. The van der Waals surface area contributed by atoms with Crippen molar-refractivity contribution in [2.75, 3.05) is 18.9 Å². The van der Waals surface area contributed by atoms with Crippen molar-refractivity contribution in [1.82, 2.24) is 0 Å². The molecule has 106 valence electrons. The molecule has 2 rings (SSSR count). The third-order valence-corrected chi connectivity index (χ3v) is 2.96. The van der Waals surface area contributed by atoms with Gasteiger partial charge in [-0.1, -0.05) is 25.5 Å². The molecule has 0 spiro atoms. The van der Waals surface area contributed by atoms with Gasteiger partial charge in [0, 0.05) is 5.69 Å². The van der Waals surface area contributed by atoms with Gasteiger partial charge in [-0.2, -0.15) is 0 Å². The summed E-state index contributed by atoms with van der Waals surface area (Å²) in [6, 6.07) is 15.6. The first-order chi connectivity index (χ1) is 9.78. The second-order valence-electron chi connectivity index (χ2n) is 4.66. The summed E-state index contributed by atoms with van der Waals surface area (Å²) in [6.45, 7) is 3.22. The molecule has 2 N–H and O–H groups in total. The monoisotopic (exact) mass is 271 g/mol. The summed E-state index contributed by atoms with van der Waals surface area (Å²) in [7, 11) is 0. The van der Waals surface area contributed by atoms with Gasteiger partial charge in [-0.3, -0.25) is 0 Å². The zero-order chi connectivity index (χ0) is 14.2. The second-order valence-corrected chi connectivity index (χ2v) is 4.66. The predicted molar refractivity (Wildman–Crippen MR) is 82.3 cm³/mol. The number of aryl methyl sites for hydroxylation is 1. The Kier molecular flexibility index (Phi) is 5.30. The van der Waals surface area contributed by atoms with Gasteiger partial charge < -0.3 is 15.2 Å². The van der Waals surface area contributed by atoms with E-state index in [4.69, 9.17) is 15.2 Å². The van der Waals surface area contributed by atoms with E-state index in [1.807, 2.05) is 36.4 Å². The summed E-state index contributed by atoms with van der Waals surface area (Å²) in [4.78, 5) is 0. The number of nitrogens with two attached hydrogens (primary N) is 1. The number of benzene rings is 2. The van der Waals surface area contributed by atoms with Gasteiger partial charge in [-0.15, -0.1) is 0 Å². The zero-order valence-corrected chi connectivity index (χ0v) is 11.8. The third-order valence-electron chi connectivity index (χ3n) is 2.96. The van der Waals surface area contributed by atoms with Crippen molar-refractivity contribution in [2.45, 2.75) is 19.8 Å². The molecule has 0 saturated carbocycles. The van der Waals surface area contributed by atoms with Gasteiger partial charge in [-0.05, 0) is 48.4 Å². The fourth-order valence-electron chi connectivity index (χ4n) is 1.92. The first-order valence-electron chi connectivity index (χ1n) is 6.98. The molecule has 0 aliphatic rings. The molecule has 2 aromatic carbocycles. The van der Waals surface area contributed by atoms with E-state index in [1.54, 1.807) is 0 Å². The lowest BCUT2D eigenvalue weighted by molar-refractivity contribution is 0.217. The third kappa shape index (κ3) is 4.50. The molecule has 0 heterocycles. The topological polar surface area (TPSA) is 44.5 Å². The minimum Gasteiger partial charge on any atom is -0.490 e. The molecule has 0 aromatic heterocycles. The summed E-state index contributed by atoms with van der Waals surface area (Å²) in [5.74, 6) is 1.69. The molecule has 3 heteroatoms. The molecule has 0 bridgehead atoms. The Labute approximate surface area is 120 Å². The lowest BCUT2D eigenvalue weighted by Crippen LogP contribution is -2.09. The highest BCUT2D eigenvalue weighted by Crippen LogP contribution is 2.15. The van der Waals surface area contributed by atoms with E-state index < -0.39 is 0 Å². The van der Waals surface area contributed by atoms with Crippen molar-refractivity contribution in [3.63, 3.8) is 0 Å². The maximum atomic E-state index is 5.63. The highest BCUT2D eigenvalue weighted by molar-refractivity contribution is 5.41. The van der Waals surface area contributed by atoms with Crippen LogP contribution >= 0.6 is 0 Å². The molecule has 3 nitrogen and oxygen atoms in total. The largest absolute Gasteiger partial charge is 0.490 e. The van der Waals surface area contributed by atoms with Crippen molar-refractivity contribution >= 4 is 5.69 Å². The van der Waals surface area contributed by atoms with Crippen LogP contribution in [0.15, 0.2) is 48.5 Å². The number of ether oxygens (including phenoxy) is 2. The van der Waals surface area contributed by atoms with Crippen LogP contribution in [-0.4, -0.2) is 13.2 Å². The molecule has 0 amide bonds. The minimum atomic E-state index is 0.515. The van der Waals surface area contributed by atoms with Crippen LogP contribution in [0.2, 0.25) is 0 Å². The molecule has 0 aliphatic carbocycles. The smallest absolute Gasteiger partial charge is 0.122 e. The molecule has 0 unspecified atom stereocenters. The van der Waals surface area contributed by atoms with Crippen LogP contribution < -0.4 is 15.2 Å². The molecule has 2 aromatic rings. The predicted octanol–water partition coefficient (Wildman–Crippen LogP) is 3.68. The summed E-state index contributed by atoms with van der Waals surface area (Å²) in [5, 5.41) is 0. The lowest BCUT2D eigenvalue weighted by atomic mass is 10.1. The van der Waals surface area contributed by atoms with Crippen molar-refractivity contribution < 1.29 is 9.47 Å². The number of hydrogen-bond donors (Lipinski definition) is 1. The highest BCUT2D eigenvalue weighted by Gasteiger charge is 1.97. The Bertz CT molecular complexity index is 506. The SMILES string of the molecule is CCCc1ccc(OCCOc2ccc(N)cc2)cc1. The maximum Gasteiger partial charge on any atom is 0.122 e. The van der Waals surface area contributed by atoms with E-state index in [9.17, 15) is 0 Å². The number of rotatable bonds is 7. The molecule has 20 heavy (non-hydrogen) atoms. The molecular weight excluding hydrogens is 250 g/mol. The Morgan fingerprint density at radius 3 is 1.80 bits per heavy atom. The Morgan fingerprint density at radius 2 is 1.30 bits per heavy atom. The molecule has 0 atom stereocenters. The van der Waals surface area contributed by atoms with E-state index >= 15 is 0 Å². The maximum absolute atomic E-state index is 5.63. The lowest BCUT2D eigenvalue weighted by Gasteiger charge is -2.09. The van der Waals surface area contributed by atoms with E-state index in [2.05, 4.69) is 19.1 Å². The van der Waals surface area contributed by atoms with Gasteiger partial charge >= 0.3 is 0 Å². The van der Waals surface area contributed by atoms with E-state index in [0.29, 0.717) is 13.2 Å². The fourth-order valence-corrected chi connectivity index (χ4v) is 1.92. The van der Waals surface area contributed by atoms with Crippen molar-refractivity contribution in [1.29, 1.82) is 0 Å². The van der Waals surface area contributed by atoms with Crippen LogP contribution in [0.1, 0.15) is 18.9 Å². The number of hydrogen-bond acceptors (Lipinski definition) is 3. The summed E-state index contributed by atoms with van der Waals surface area (Å²) in [6.07, 6.45) is 2.27. The van der Waals surface area contributed by atoms with Gasteiger partial charge in [0.15, 0.2) is 0 Å². The Morgan fingerprint density at radius 1 is 0.800 bits per heavy atom. The van der Waals surface area contributed by atoms with E-state index in [0.717, 1.165) is 30.0 Å². The van der Waals surface area contributed by atoms with Crippen LogP contribution in [0.4, 0.5) is 5.69 Å². The van der Waals surface area contributed by atoms with Gasteiger partial charge in [0.2, 0.25) is 0 Å². The van der Waals surface area contributed by atoms with Gasteiger partial charge in [0.25, 0.3) is 0 Å². The zero-order valence-electron chi connectivity index (χ0n) is 11.8. The Hall–Kier alpha value is -2.16. The first-order valence-corrected chi connectivity index (χ1v) is 6.98. The summed E-state index contributed by atoms with van der Waals surface area (Å²) in [5.41, 5.74) is 7.69. The summed E-state index contributed by atoms with van der Waals surface area (Å²) >= 11 is 0. The number of anilines is 1. The minimum absolute atomic E-state index is 0.515. The molecule has 0 saturated heterocycles. The van der Waals surface area contributed by atoms with Gasteiger partial charge in [0.1, 0.15) is 24.7 Å². The molecular formula is C17H21NO2. The quantitative estimate of drug-likeness (QED) is 0.617. The molecule has 0 aliphatic heterocycles. The average molecular weight is 271 g/mol. The first kappa shape index (κ1) is 14.3. The van der Waals surface area contributed by atoms with Gasteiger partial charge in [-0.25, -0.2) is 0 Å². The molecule has 0 radical (unpaired) electrons. The normalized spacial score (nSPS) is 10.2. The summed E-state index contributed by atoms with van der Waals surface area (Å²) < 4.78 is 11.2. The van der Waals surface area contributed by atoms with Crippen molar-refractivity contribution in [3.05, 3.63) is 54.1 Å². The van der Waals surface area contributed by atoms with Crippen molar-refractivity contribution in [2.24, 2.45) is 0 Å². The van der Waals surface area contributed by atoms with Crippen LogP contribution in [0.3, 0.4) is 0 Å². The van der Waals surface area contributed by atoms with Crippen LogP contribution in [0.25, 0.3) is 0 Å². The fraction of sp³-hybridized carbons (Fsp3) is 0.294. The van der Waals surface area contributed by atoms with Gasteiger partial charge in [0.05, 0.1) is 0 Å². The van der Waals surface area contributed by atoms with E-state index in [-0.39, 0.29) is 0 Å². The van der Waals surface area contributed by atoms with Crippen LogP contribution in [-0.2, 0) is 6.42 Å². The average Bonchev–Trinajstić information content (AvgIpc) is 2.47. The van der Waals surface area contributed by atoms with Crippen LogP contribution in [0, 0.1) is 0 Å². The van der Waals surface area contributed by atoms with Crippen LogP contribution in [0.5, 0.6) is 11.5 Å². The standard InChI is InChI=1S/C17H21NO2/c1-2-3-14-4-8-16(9-5-14)19-12-13-20-17-10-6-15(18)7-11-17/h4-11H,2-3,12-13,18H2,1H3. The van der Waals surface area contributed by atoms with E-state index in [1.165, 1.54) is 5.56 Å². The molecule has 0 fully saturated rings. The van der Waals surface area contributed by atoms with Crippen molar-refractivity contribution in [3.8, 4) is 11.5 Å². The Balaban J connectivity index is 1.71. The number of nitrogen functional groups attached to an aromatic ring is 1. The highest BCUT2D eigenvalue weighted by atomic mass is 16.5.